The molecule has 2 aromatic carbocycles. The van der Waals surface area contributed by atoms with Crippen LogP contribution in [0, 0.1) is 10.6 Å². The van der Waals surface area contributed by atoms with E-state index in [2.05, 4.69) is 9.98 Å². The van der Waals surface area contributed by atoms with Crippen molar-refractivity contribution in [3.8, 4) is 5.88 Å². The maximum absolute atomic E-state index is 13.1. The molecule has 0 bridgehead atoms. The van der Waals surface area contributed by atoms with E-state index < -0.39 is 23.2 Å². The van der Waals surface area contributed by atoms with Crippen LogP contribution in [0.15, 0.2) is 58.3 Å². The van der Waals surface area contributed by atoms with Gasteiger partial charge in [-0.2, -0.15) is 0 Å². The molecule has 0 radical (unpaired) electrons. The van der Waals surface area contributed by atoms with Crippen LogP contribution < -0.4 is 5.56 Å². The Kier molecular flexibility index (Phi) is 5.46. The van der Waals surface area contributed by atoms with E-state index >= 15 is 0 Å². The second-order valence-corrected chi connectivity index (χ2v) is 6.21. The minimum atomic E-state index is -1.11. The van der Waals surface area contributed by atoms with Crippen LogP contribution in [0.25, 0.3) is 0 Å². The van der Waals surface area contributed by atoms with E-state index in [1.54, 1.807) is 6.07 Å². The molecular formula is C19H14FN3O4S. The van der Waals surface area contributed by atoms with Gasteiger partial charge in [-0.1, -0.05) is 18.2 Å². The van der Waals surface area contributed by atoms with Gasteiger partial charge >= 0.3 is 5.97 Å². The van der Waals surface area contributed by atoms with Crippen LogP contribution in [0.5, 0.6) is 5.88 Å². The summed E-state index contributed by atoms with van der Waals surface area (Å²) in [4.78, 5) is 29.7. The number of carbonyl (C=O) groups is 1. The number of nitrogens with zero attached hydrogens (tertiary/aromatic N) is 2. The number of aliphatic imine (C=N–C) groups is 1. The number of carboxylic acid groups (broad SMARTS) is 1. The van der Waals surface area contributed by atoms with Gasteiger partial charge in [0.05, 0.1) is 17.8 Å². The highest BCUT2D eigenvalue weighted by Gasteiger charge is 2.12. The van der Waals surface area contributed by atoms with Gasteiger partial charge in [-0.3, -0.25) is 19.3 Å². The van der Waals surface area contributed by atoms with E-state index in [0.717, 1.165) is 6.21 Å². The Balaban J connectivity index is 1.98. The number of rotatable bonds is 5. The van der Waals surface area contributed by atoms with Crippen LogP contribution in [0.3, 0.4) is 0 Å². The fraction of sp³-hybridized carbons (Fsp3) is 0.0526. The first-order valence-electron chi connectivity index (χ1n) is 8.03. The molecule has 0 unspecified atom stereocenters. The number of benzene rings is 2. The van der Waals surface area contributed by atoms with Crippen LogP contribution in [0.2, 0.25) is 0 Å². The second-order valence-electron chi connectivity index (χ2n) is 5.82. The normalized spacial score (nSPS) is 11.0. The Bertz CT molecular complexity index is 1180. The number of hydrogen-bond acceptors (Lipinski definition) is 5. The fourth-order valence-corrected chi connectivity index (χ4v) is 2.71. The number of aromatic amines is 1. The molecule has 1 aromatic heterocycles. The van der Waals surface area contributed by atoms with Gasteiger partial charge < -0.3 is 10.2 Å². The van der Waals surface area contributed by atoms with Gasteiger partial charge in [0.15, 0.2) is 4.77 Å². The number of hydrogen-bond donors (Lipinski definition) is 3. The summed E-state index contributed by atoms with van der Waals surface area (Å²) < 4.78 is 14.3. The third kappa shape index (κ3) is 4.21. The second kappa shape index (κ2) is 7.97. The Labute approximate surface area is 163 Å². The summed E-state index contributed by atoms with van der Waals surface area (Å²) in [5.41, 5.74) is 0.218. The number of halogens is 1. The van der Waals surface area contributed by atoms with Gasteiger partial charge in [0.25, 0.3) is 5.56 Å². The van der Waals surface area contributed by atoms with Gasteiger partial charge in [-0.15, -0.1) is 0 Å². The molecule has 0 aliphatic rings. The van der Waals surface area contributed by atoms with Gasteiger partial charge in [-0.25, -0.2) is 9.18 Å². The Hall–Kier alpha value is -3.59. The molecule has 1 heterocycles. The molecular weight excluding hydrogens is 385 g/mol. The molecule has 0 saturated carbocycles. The lowest BCUT2D eigenvalue weighted by Gasteiger charge is -2.11. The maximum atomic E-state index is 13.1. The first kappa shape index (κ1) is 19.2. The smallest absolute Gasteiger partial charge is 0.335 e. The van der Waals surface area contributed by atoms with Crippen LogP contribution in [-0.2, 0) is 6.54 Å². The van der Waals surface area contributed by atoms with Crippen molar-refractivity contribution in [2.45, 2.75) is 6.54 Å². The molecule has 0 fully saturated rings. The molecule has 3 N–H and O–H groups in total. The summed E-state index contributed by atoms with van der Waals surface area (Å²) in [5, 5.41) is 19.5. The van der Waals surface area contributed by atoms with Gasteiger partial charge in [0.1, 0.15) is 11.4 Å². The van der Waals surface area contributed by atoms with Crippen molar-refractivity contribution in [3.63, 3.8) is 0 Å². The highest BCUT2D eigenvalue weighted by atomic mass is 32.1. The first-order chi connectivity index (χ1) is 13.3. The number of carboxylic acids is 1. The Morgan fingerprint density at radius 3 is 2.64 bits per heavy atom. The zero-order chi connectivity index (χ0) is 20.3. The summed E-state index contributed by atoms with van der Waals surface area (Å²) in [6.07, 6.45) is 1.13. The summed E-state index contributed by atoms with van der Waals surface area (Å²) >= 11 is 5.10. The average molecular weight is 399 g/mol. The lowest BCUT2D eigenvalue weighted by Crippen LogP contribution is -2.19. The van der Waals surface area contributed by atoms with Crippen LogP contribution >= 0.6 is 12.2 Å². The number of aromatic hydroxyl groups is 1. The Morgan fingerprint density at radius 2 is 1.96 bits per heavy atom. The van der Waals surface area contributed by atoms with E-state index in [4.69, 9.17) is 17.3 Å². The largest absolute Gasteiger partial charge is 0.494 e. The molecule has 0 aliphatic carbocycles. The van der Waals surface area contributed by atoms with Gasteiger partial charge in [0, 0.05) is 6.21 Å². The standard InChI is InChI=1S/C19H14FN3O4S/c20-13-6-4-11(5-7-13)10-23-17(25)15(16(24)22-19(23)28)9-21-14-3-1-2-12(8-14)18(26)27/h1-9,25H,10H2,(H,26,27)(H,22,24,28). The minimum Gasteiger partial charge on any atom is -0.494 e. The number of aromatic carboxylic acids is 1. The van der Waals surface area contributed by atoms with Crippen LogP contribution in [0.4, 0.5) is 10.1 Å². The molecule has 0 aliphatic heterocycles. The monoisotopic (exact) mass is 399 g/mol. The van der Waals surface area contributed by atoms with Crippen molar-refractivity contribution in [3.05, 3.63) is 86.2 Å². The molecule has 0 atom stereocenters. The molecule has 3 aromatic rings. The summed E-state index contributed by atoms with van der Waals surface area (Å²) in [7, 11) is 0. The fourth-order valence-electron chi connectivity index (χ4n) is 2.47. The van der Waals surface area contributed by atoms with Crippen molar-refractivity contribution in [1.82, 2.24) is 9.55 Å². The lowest BCUT2D eigenvalue weighted by molar-refractivity contribution is 0.0697. The highest BCUT2D eigenvalue weighted by Crippen LogP contribution is 2.17. The lowest BCUT2D eigenvalue weighted by atomic mass is 10.2. The van der Waals surface area contributed by atoms with E-state index in [1.807, 2.05) is 0 Å². The SMILES string of the molecule is O=C(O)c1cccc(N=Cc2c(O)n(Cc3ccc(F)cc3)c(=S)[nH]c2=O)c1. The molecule has 9 heteroatoms. The van der Waals surface area contributed by atoms with Crippen molar-refractivity contribution >= 4 is 30.1 Å². The molecule has 7 nitrogen and oxygen atoms in total. The predicted octanol–water partition coefficient (Wildman–Crippen LogP) is 3.25. The van der Waals surface area contributed by atoms with E-state index in [0.29, 0.717) is 11.3 Å². The number of aromatic nitrogens is 2. The topological polar surface area (TPSA) is 108 Å². The zero-order valence-corrected chi connectivity index (χ0v) is 15.1. The van der Waals surface area contributed by atoms with E-state index in [-0.39, 0.29) is 22.4 Å². The van der Waals surface area contributed by atoms with Crippen molar-refractivity contribution in [1.29, 1.82) is 0 Å². The predicted molar refractivity (Wildman–Crippen MR) is 104 cm³/mol. The van der Waals surface area contributed by atoms with Crippen molar-refractivity contribution < 1.29 is 19.4 Å². The molecule has 3 rings (SSSR count). The first-order valence-corrected chi connectivity index (χ1v) is 8.44. The van der Waals surface area contributed by atoms with Gasteiger partial charge in [-0.05, 0) is 48.1 Å². The van der Waals surface area contributed by atoms with E-state index in [1.165, 1.54) is 47.0 Å². The summed E-state index contributed by atoms with van der Waals surface area (Å²) in [6.45, 7) is 0.108. The van der Waals surface area contributed by atoms with Crippen LogP contribution in [0.1, 0.15) is 21.5 Å². The number of nitrogens with one attached hydrogen (secondary N) is 1. The molecule has 28 heavy (non-hydrogen) atoms. The maximum Gasteiger partial charge on any atom is 0.335 e. The Morgan fingerprint density at radius 1 is 1.25 bits per heavy atom. The van der Waals surface area contributed by atoms with Crippen molar-refractivity contribution in [2.24, 2.45) is 4.99 Å². The minimum absolute atomic E-state index is 0.00292. The summed E-state index contributed by atoms with van der Waals surface area (Å²) in [5.74, 6) is -1.91. The third-order valence-corrected chi connectivity index (χ3v) is 4.22. The number of H-pyrrole nitrogens is 1. The molecule has 0 amide bonds. The molecule has 0 spiro atoms. The third-order valence-electron chi connectivity index (χ3n) is 3.90. The quantitative estimate of drug-likeness (QED) is 0.451. The zero-order valence-electron chi connectivity index (χ0n) is 14.3. The van der Waals surface area contributed by atoms with E-state index in [9.17, 15) is 19.1 Å². The van der Waals surface area contributed by atoms with Gasteiger partial charge in [0.2, 0.25) is 5.88 Å². The molecule has 142 valence electrons. The average Bonchev–Trinajstić information content (AvgIpc) is 2.66. The molecule has 0 saturated heterocycles. The highest BCUT2D eigenvalue weighted by molar-refractivity contribution is 7.71. The van der Waals surface area contributed by atoms with Crippen LogP contribution in [-0.4, -0.2) is 31.9 Å². The summed E-state index contributed by atoms with van der Waals surface area (Å²) in [6, 6.07) is 11.4. The van der Waals surface area contributed by atoms with Crippen molar-refractivity contribution in [2.75, 3.05) is 0 Å².